The molecule has 0 unspecified atom stereocenters. The van der Waals surface area contributed by atoms with E-state index in [4.69, 9.17) is 4.42 Å². The van der Waals surface area contributed by atoms with Crippen LogP contribution in [0.3, 0.4) is 0 Å². The van der Waals surface area contributed by atoms with Crippen molar-refractivity contribution in [1.82, 2.24) is 10.7 Å². The predicted octanol–water partition coefficient (Wildman–Crippen LogP) is 4.32. The number of carbonyl (C=O) groups excluding carboxylic acids is 2. The van der Waals surface area contributed by atoms with Crippen molar-refractivity contribution in [2.75, 3.05) is 19.0 Å². The van der Waals surface area contributed by atoms with Crippen LogP contribution >= 0.6 is 0 Å². The zero-order valence-electron chi connectivity index (χ0n) is 18.8. The van der Waals surface area contributed by atoms with E-state index in [1.807, 2.05) is 55.4 Å². The lowest BCUT2D eigenvalue weighted by atomic mass is 10.1. The van der Waals surface area contributed by atoms with Crippen molar-refractivity contribution >= 4 is 35.4 Å². The lowest BCUT2D eigenvalue weighted by Gasteiger charge is -2.13. The van der Waals surface area contributed by atoms with Crippen molar-refractivity contribution < 1.29 is 14.0 Å². The maximum absolute atomic E-state index is 12.9. The van der Waals surface area contributed by atoms with Gasteiger partial charge in [-0.2, -0.15) is 5.10 Å². The Balaban J connectivity index is 1.79. The Morgan fingerprint density at radius 2 is 1.70 bits per heavy atom. The number of amides is 2. The van der Waals surface area contributed by atoms with Gasteiger partial charge in [0.05, 0.1) is 12.0 Å². The van der Waals surface area contributed by atoms with Crippen LogP contribution in [0, 0.1) is 0 Å². The number of nitrogens with zero attached hydrogens (tertiary/aromatic N) is 2. The third kappa shape index (κ3) is 7.07. The van der Waals surface area contributed by atoms with Crippen molar-refractivity contribution in [1.29, 1.82) is 0 Å². The molecule has 0 fully saturated rings. The minimum absolute atomic E-state index is 0.0769. The Hall–Kier alpha value is -4.39. The molecular formula is C26H26N4O3. The van der Waals surface area contributed by atoms with E-state index in [1.165, 1.54) is 0 Å². The van der Waals surface area contributed by atoms with Crippen LogP contribution < -0.4 is 15.6 Å². The van der Waals surface area contributed by atoms with Crippen molar-refractivity contribution in [3.05, 3.63) is 102 Å². The summed E-state index contributed by atoms with van der Waals surface area (Å²) >= 11 is 0. The lowest BCUT2D eigenvalue weighted by molar-refractivity contribution is -0.117. The molecule has 33 heavy (non-hydrogen) atoms. The second-order valence-corrected chi connectivity index (χ2v) is 7.41. The van der Waals surface area contributed by atoms with Gasteiger partial charge < -0.3 is 14.6 Å². The summed E-state index contributed by atoms with van der Waals surface area (Å²) in [5.41, 5.74) is 5.36. The van der Waals surface area contributed by atoms with E-state index in [0.717, 1.165) is 11.3 Å². The minimum atomic E-state index is -0.540. The second kappa shape index (κ2) is 11.3. The summed E-state index contributed by atoms with van der Waals surface area (Å²) in [4.78, 5) is 27.5. The first-order chi connectivity index (χ1) is 15.9. The molecule has 0 aliphatic heterocycles. The van der Waals surface area contributed by atoms with Gasteiger partial charge in [0.2, 0.25) is 0 Å². The highest BCUT2D eigenvalue weighted by Gasteiger charge is 2.14. The van der Waals surface area contributed by atoms with Crippen LogP contribution in [0.2, 0.25) is 0 Å². The molecule has 0 bridgehead atoms. The number of hydrogen-bond acceptors (Lipinski definition) is 5. The van der Waals surface area contributed by atoms with Gasteiger partial charge in [-0.1, -0.05) is 30.3 Å². The Kier molecular flexibility index (Phi) is 7.96. The maximum atomic E-state index is 12.9. The van der Waals surface area contributed by atoms with Crippen molar-refractivity contribution in [3.8, 4) is 0 Å². The molecule has 0 saturated carbocycles. The molecule has 3 aromatic rings. The second-order valence-electron chi connectivity index (χ2n) is 7.41. The van der Waals surface area contributed by atoms with Crippen molar-refractivity contribution in [3.63, 3.8) is 0 Å². The number of rotatable bonds is 8. The topological polar surface area (TPSA) is 86.9 Å². The van der Waals surface area contributed by atoms with E-state index in [1.54, 1.807) is 61.7 Å². The minimum Gasteiger partial charge on any atom is -0.465 e. The van der Waals surface area contributed by atoms with Gasteiger partial charge in [0.15, 0.2) is 0 Å². The van der Waals surface area contributed by atoms with Gasteiger partial charge in [-0.25, -0.2) is 5.43 Å². The van der Waals surface area contributed by atoms with Crippen LogP contribution in [-0.4, -0.2) is 31.6 Å². The van der Waals surface area contributed by atoms with Crippen molar-refractivity contribution in [2.24, 2.45) is 5.10 Å². The van der Waals surface area contributed by atoms with E-state index in [9.17, 15) is 9.59 Å². The Labute approximate surface area is 193 Å². The summed E-state index contributed by atoms with van der Waals surface area (Å²) in [6.45, 7) is 1.74. The molecule has 3 rings (SSSR count). The first-order valence-electron chi connectivity index (χ1n) is 10.3. The zero-order chi connectivity index (χ0) is 23.6. The number of nitrogens with one attached hydrogen (secondary N) is 2. The highest BCUT2D eigenvalue weighted by molar-refractivity contribution is 6.06. The number of benzene rings is 2. The molecule has 1 heterocycles. The van der Waals surface area contributed by atoms with Gasteiger partial charge in [0, 0.05) is 25.3 Å². The highest BCUT2D eigenvalue weighted by Crippen LogP contribution is 2.14. The normalized spacial score (nSPS) is 12.0. The number of hydrazone groups is 1. The quantitative estimate of drug-likeness (QED) is 0.309. The fourth-order valence-corrected chi connectivity index (χ4v) is 2.80. The first kappa shape index (κ1) is 23.3. The van der Waals surface area contributed by atoms with Crippen molar-refractivity contribution in [2.45, 2.75) is 6.92 Å². The molecule has 2 amide bonds. The molecule has 2 N–H and O–H groups in total. The Morgan fingerprint density at radius 3 is 2.33 bits per heavy atom. The summed E-state index contributed by atoms with van der Waals surface area (Å²) in [5.74, 6) is -0.255. The third-order valence-electron chi connectivity index (χ3n) is 4.62. The average molecular weight is 443 g/mol. The summed E-state index contributed by atoms with van der Waals surface area (Å²) in [6.07, 6.45) is 6.64. The molecule has 0 radical (unpaired) electrons. The lowest BCUT2D eigenvalue weighted by Crippen LogP contribution is -2.33. The first-order valence-corrected chi connectivity index (χ1v) is 10.3. The molecule has 0 aliphatic rings. The van der Waals surface area contributed by atoms with Gasteiger partial charge in [0.1, 0.15) is 11.5 Å². The summed E-state index contributed by atoms with van der Waals surface area (Å²) in [6, 6.07) is 19.9. The summed E-state index contributed by atoms with van der Waals surface area (Å²) in [7, 11) is 3.90. The smallest absolute Gasteiger partial charge is 0.287 e. The largest absolute Gasteiger partial charge is 0.465 e. The number of anilines is 1. The SMILES string of the molecule is CC(/C=C/c1ccco1)=N\NC(=O)/C(=C/c1ccc(N(C)C)cc1)NC(=O)c1ccccc1. The predicted molar refractivity (Wildman–Crippen MR) is 132 cm³/mol. The van der Waals surface area contributed by atoms with E-state index in [2.05, 4.69) is 15.8 Å². The molecule has 0 saturated heterocycles. The van der Waals surface area contributed by atoms with Crippen LogP contribution in [0.1, 0.15) is 28.6 Å². The molecule has 0 atom stereocenters. The highest BCUT2D eigenvalue weighted by atomic mass is 16.3. The van der Waals surface area contributed by atoms with Crippen LogP contribution in [-0.2, 0) is 4.79 Å². The fraction of sp³-hybridized carbons (Fsp3) is 0.115. The molecule has 1 aromatic heterocycles. The van der Waals surface area contributed by atoms with E-state index < -0.39 is 5.91 Å². The molecule has 0 aliphatic carbocycles. The van der Waals surface area contributed by atoms with Crippen LogP contribution in [0.15, 0.2) is 94.3 Å². The third-order valence-corrected chi connectivity index (χ3v) is 4.62. The van der Waals surface area contributed by atoms with Gasteiger partial charge in [0.25, 0.3) is 11.8 Å². The van der Waals surface area contributed by atoms with E-state index in [-0.39, 0.29) is 11.6 Å². The summed E-state index contributed by atoms with van der Waals surface area (Å²) < 4.78 is 5.23. The number of furan rings is 1. The fourth-order valence-electron chi connectivity index (χ4n) is 2.80. The van der Waals surface area contributed by atoms with Crippen LogP contribution in [0.5, 0.6) is 0 Å². The molecule has 168 valence electrons. The molecule has 2 aromatic carbocycles. The zero-order valence-corrected chi connectivity index (χ0v) is 18.8. The Bertz CT molecular complexity index is 1160. The average Bonchev–Trinajstić information content (AvgIpc) is 3.35. The number of hydrogen-bond donors (Lipinski definition) is 2. The van der Waals surface area contributed by atoms with E-state index in [0.29, 0.717) is 17.0 Å². The molecule has 7 nitrogen and oxygen atoms in total. The van der Waals surface area contributed by atoms with Gasteiger partial charge in [-0.15, -0.1) is 0 Å². The standard InChI is InChI=1S/C26H26N4O3/c1-19(11-16-23-10-7-17-33-23)28-29-26(32)24(27-25(31)21-8-5-4-6-9-21)18-20-12-14-22(15-13-20)30(2)3/h4-18H,1-3H3,(H,27,31)(H,29,32)/b16-11+,24-18-,28-19+. The maximum Gasteiger partial charge on any atom is 0.287 e. The molecular weight excluding hydrogens is 416 g/mol. The number of carbonyl (C=O) groups is 2. The number of allylic oxidation sites excluding steroid dienone is 1. The van der Waals surface area contributed by atoms with Crippen LogP contribution in [0.4, 0.5) is 5.69 Å². The van der Waals surface area contributed by atoms with Gasteiger partial charge >= 0.3 is 0 Å². The molecule has 0 spiro atoms. The Morgan fingerprint density at radius 1 is 0.970 bits per heavy atom. The van der Waals surface area contributed by atoms with Gasteiger partial charge in [-0.05, 0) is 67.1 Å². The molecule has 7 heteroatoms. The van der Waals surface area contributed by atoms with Gasteiger partial charge in [-0.3, -0.25) is 9.59 Å². The monoisotopic (exact) mass is 442 g/mol. The van der Waals surface area contributed by atoms with Crippen LogP contribution in [0.25, 0.3) is 12.2 Å². The van der Waals surface area contributed by atoms with E-state index >= 15 is 0 Å². The summed E-state index contributed by atoms with van der Waals surface area (Å²) in [5, 5.41) is 6.79.